The number of nitrogen functional groups attached to an aromatic ring is 1. The molecule has 0 fully saturated rings. The summed E-state index contributed by atoms with van der Waals surface area (Å²) in [6, 6.07) is 1.99. The number of nitrogens with one attached hydrogen (secondary N) is 2. The van der Waals surface area contributed by atoms with Crippen molar-refractivity contribution < 1.29 is 13.6 Å². The number of rotatable bonds is 3. The zero-order valence-electron chi connectivity index (χ0n) is 10.6. The minimum absolute atomic E-state index is 0.00491. The third-order valence-electron chi connectivity index (χ3n) is 2.00. The van der Waals surface area contributed by atoms with Crippen LogP contribution < -0.4 is 16.4 Å². The fourth-order valence-corrected chi connectivity index (χ4v) is 1.39. The van der Waals surface area contributed by atoms with E-state index in [-0.39, 0.29) is 23.8 Å². The van der Waals surface area contributed by atoms with Gasteiger partial charge in [0.25, 0.3) is 0 Å². The van der Waals surface area contributed by atoms with Gasteiger partial charge in [0.1, 0.15) is 5.69 Å². The molecule has 6 heteroatoms. The van der Waals surface area contributed by atoms with E-state index in [0.717, 1.165) is 12.1 Å². The number of carbonyl (C=O) groups excluding carboxylic acids is 1. The van der Waals surface area contributed by atoms with Gasteiger partial charge in [-0.15, -0.1) is 0 Å². The number of anilines is 2. The molecule has 0 spiro atoms. The Morgan fingerprint density at radius 2 is 1.78 bits per heavy atom. The van der Waals surface area contributed by atoms with Crippen LogP contribution in [0.15, 0.2) is 12.1 Å². The first kappa shape index (κ1) is 14.2. The van der Waals surface area contributed by atoms with Gasteiger partial charge >= 0.3 is 0 Å². The normalized spacial score (nSPS) is 11.2. The Labute approximate surface area is 105 Å². The second kappa shape index (κ2) is 5.20. The Morgan fingerprint density at radius 3 is 2.22 bits per heavy atom. The van der Waals surface area contributed by atoms with Crippen molar-refractivity contribution in [2.75, 3.05) is 17.6 Å². The highest BCUT2D eigenvalue weighted by molar-refractivity contribution is 5.81. The lowest BCUT2D eigenvalue weighted by Gasteiger charge is -2.20. The molecular formula is C12H17F2N3O. The van der Waals surface area contributed by atoms with E-state index in [1.165, 1.54) is 0 Å². The van der Waals surface area contributed by atoms with E-state index < -0.39 is 17.2 Å². The van der Waals surface area contributed by atoms with Gasteiger partial charge in [0.15, 0.2) is 11.6 Å². The molecule has 0 saturated heterocycles. The highest BCUT2D eigenvalue weighted by Crippen LogP contribution is 2.21. The molecule has 0 radical (unpaired) electrons. The Morgan fingerprint density at radius 1 is 1.28 bits per heavy atom. The predicted octanol–water partition coefficient (Wildman–Crippen LogP) is 1.87. The zero-order chi connectivity index (χ0) is 13.9. The van der Waals surface area contributed by atoms with Crippen molar-refractivity contribution in [2.45, 2.75) is 26.3 Å². The maximum absolute atomic E-state index is 13.4. The van der Waals surface area contributed by atoms with Crippen LogP contribution >= 0.6 is 0 Å². The van der Waals surface area contributed by atoms with Crippen LogP contribution in [-0.4, -0.2) is 18.0 Å². The quantitative estimate of drug-likeness (QED) is 0.724. The Hall–Kier alpha value is -1.85. The average molecular weight is 257 g/mol. The van der Waals surface area contributed by atoms with Crippen molar-refractivity contribution >= 4 is 17.3 Å². The molecule has 0 heterocycles. The standard InChI is InChI=1S/C12H17F2N3O/c1-12(2,3)17-10(18)6-16-11-8(13)4-7(15)5-9(11)14/h4-5,16H,6,15H2,1-3H3,(H,17,18). The summed E-state index contributed by atoms with van der Waals surface area (Å²) in [5.74, 6) is -2.00. The Bertz CT molecular complexity index is 432. The van der Waals surface area contributed by atoms with Crippen molar-refractivity contribution in [3.05, 3.63) is 23.8 Å². The number of amides is 1. The minimum atomic E-state index is -0.823. The van der Waals surface area contributed by atoms with Gasteiger partial charge < -0.3 is 16.4 Å². The van der Waals surface area contributed by atoms with Gasteiger partial charge in [0.2, 0.25) is 5.91 Å². The predicted molar refractivity (Wildman–Crippen MR) is 67.2 cm³/mol. The zero-order valence-corrected chi connectivity index (χ0v) is 10.6. The van der Waals surface area contributed by atoms with Crippen LogP contribution in [0.2, 0.25) is 0 Å². The second-order valence-electron chi connectivity index (χ2n) is 5.01. The number of carbonyl (C=O) groups is 1. The summed E-state index contributed by atoms with van der Waals surface area (Å²) >= 11 is 0. The number of benzene rings is 1. The molecule has 4 nitrogen and oxygen atoms in total. The third kappa shape index (κ3) is 4.20. The van der Waals surface area contributed by atoms with E-state index in [1.54, 1.807) is 0 Å². The highest BCUT2D eigenvalue weighted by Gasteiger charge is 2.15. The van der Waals surface area contributed by atoms with Crippen molar-refractivity contribution in [2.24, 2.45) is 0 Å². The molecule has 0 atom stereocenters. The molecule has 0 bridgehead atoms. The van der Waals surface area contributed by atoms with Gasteiger partial charge in [0, 0.05) is 11.2 Å². The van der Waals surface area contributed by atoms with Crippen LogP contribution in [0.25, 0.3) is 0 Å². The lowest BCUT2D eigenvalue weighted by molar-refractivity contribution is -0.120. The summed E-state index contributed by atoms with van der Waals surface area (Å²) in [4.78, 5) is 11.5. The smallest absolute Gasteiger partial charge is 0.239 e. The number of hydrogen-bond donors (Lipinski definition) is 3. The molecular weight excluding hydrogens is 240 g/mol. The Kier molecular flexibility index (Phi) is 4.11. The summed E-state index contributed by atoms with van der Waals surface area (Å²) in [5.41, 5.74) is 4.53. The van der Waals surface area contributed by atoms with E-state index in [0.29, 0.717) is 0 Å². The van der Waals surface area contributed by atoms with Crippen molar-refractivity contribution in [3.8, 4) is 0 Å². The first-order chi connectivity index (χ1) is 8.19. The lowest BCUT2D eigenvalue weighted by atomic mass is 10.1. The molecule has 0 aliphatic rings. The Balaban J connectivity index is 2.67. The molecule has 18 heavy (non-hydrogen) atoms. The van der Waals surface area contributed by atoms with E-state index in [4.69, 9.17) is 5.73 Å². The molecule has 0 saturated carbocycles. The molecule has 4 N–H and O–H groups in total. The molecule has 100 valence electrons. The summed E-state index contributed by atoms with van der Waals surface area (Å²) in [6.45, 7) is 5.23. The molecule has 1 rings (SSSR count). The lowest BCUT2D eigenvalue weighted by Crippen LogP contribution is -2.43. The summed E-state index contributed by atoms with van der Waals surface area (Å²) in [5, 5.41) is 5.08. The molecule has 0 aromatic heterocycles. The summed E-state index contributed by atoms with van der Waals surface area (Å²) in [6.07, 6.45) is 0. The highest BCUT2D eigenvalue weighted by atomic mass is 19.1. The van der Waals surface area contributed by atoms with Gasteiger partial charge in [-0.05, 0) is 32.9 Å². The fraction of sp³-hybridized carbons (Fsp3) is 0.417. The molecule has 0 unspecified atom stereocenters. The van der Waals surface area contributed by atoms with Crippen LogP contribution in [0.4, 0.5) is 20.2 Å². The number of halogens is 2. The van der Waals surface area contributed by atoms with Gasteiger partial charge in [-0.2, -0.15) is 0 Å². The van der Waals surface area contributed by atoms with Crippen LogP contribution in [-0.2, 0) is 4.79 Å². The van der Waals surface area contributed by atoms with E-state index in [9.17, 15) is 13.6 Å². The average Bonchev–Trinajstić information content (AvgIpc) is 2.12. The third-order valence-corrected chi connectivity index (χ3v) is 2.00. The molecule has 1 amide bonds. The van der Waals surface area contributed by atoms with Crippen molar-refractivity contribution in [1.29, 1.82) is 0 Å². The van der Waals surface area contributed by atoms with Gasteiger partial charge in [-0.1, -0.05) is 0 Å². The maximum atomic E-state index is 13.4. The maximum Gasteiger partial charge on any atom is 0.239 e. The van der Waals surface area contributed by atoms with Crippen LogP contribution in [0.5, 0.6) is 0 Å². The van der Waals surface area contributed by atoms with Crippen molar-refractivity contribution in [3.63, 3.8) is 0 Å². The molecule has 0 aliphatic heterocycles. The monoisotopic (exact) mass is 257 g/mol. The number of nitrogens with two attached hydrogens (primary N) is 1. The van der Waals surface area contributed by atoms with E-state index >= 15 is 0 Å². The van der Waals surface area contributed by atoms with Gasteiger partial charge in [-0.3, -0.25) is 4.79 Å². The summed E-state index contributed by atoms with van der Waals surface area (Å²) < 4.78 is 26.8. The van der Waals surface area contributed by atoms with Gasteiger partial charge in [0.05, 0.1) is 6.54 Å². The van der Waals surface area contributed by atoms with E-state index in [2.05, 4.69) is 10.6 Å². The minimum Gasteiger partial charge on any atom is -0.399 e. The molecule has 1 aromatic rings. The number of hydrogen-bond acceptors (Lipinski definition) is 3. The van der Waals surface area contributed by atoms with Crippen LogP contribution in [0, 0.1) is 11.6 Å². The first-order valence-electron chi connectivity index (χ1n) is 5.48. The molecule has 1 aromatic carbocycles. The largest absolute Gasteiger partial charge is 0.399 e. The van der Waals surface area contributed by atoms with Crippen LogP contribution in [0.3, 0.4) is 0 Å². The topological polar surface area (TPSA) is 67.2 Å². The van der Waals surface area contributed by atoms with Gasteiger partial charge in [-0.25, -0.2) is 8.78 Å². The SMILES string of the molecule is CC(C)(C)NC(=O)CNc1c(F)cc(N)cc1F. The second-order valence-corrected chi connectivity index (χ2v) is 5.01. The summed E-state index contributed by atoms with van der Waals surface area (Å²) in [7, 11) is 0. The van der Waals surface area contributed by atoms with Crippen molar-refractivity contribution in [1.82, 2.24) is 5.32 Å². The fourth-order valence-electron chi connectivity index (χ4n) is 1.39. The van der Waals surface area contributed by atoms with Crippen LogP contribution in [0.1, 0.15) is 20.8 Å². The molecule has 0 aliphatic carbocycles. The first-order valence-corrected chi connectivity index (χ1v) is 5.48. The van der Waals surface area contributed by atoms with E-state index in [1.807, 2.05) is 20.8 Å².